The first-order valence-electron chi connectivity index (χ1n) is 35.6. The monoisotopic (exact) mass is 1400 g/mol. The minimum Gasteiger partial charge on any atom is -0.480 e. The van der Waals surface area contributed by atoms with Crippen molar-refractivity contribution in [3.63, 3.8) is 0 Å². The van der Waals surface area contributed by atoms with E-state index in [1.54, 1.807) is 39.5 Å². The molecule has 7 aromatic carbocycles. The van der Waals surface area contributed by atoms with E-state index in [1.807, 2.05) is 218 Å². The largest absolute Gasteiger partial charge is 0.480 e. The van der Waals surface area contributed by atoms with Crippen molar-refractivity contribution < 1.29 is 48.3 Å². The zero-order chi connectivity index (χ0) is 73.5. The molecule has 2 aliphatic heterocycles. The first-order chi connectivity index (χ1) is 50.3. The van der Waals surface area contributed by atoms with Crippen LogP contribution in [0.2, 0.25) is 0 Å². The van der Waals surface area contributed by atoms with E-state index < -0.39 is 125 Å². The van der Waals surface area contributed by atoms with Crippen LogP contribution in [-0.4, -0.2) is 145 Å². The van der Waals surface area contributed by atoms with Gasteiger partial charge in [-0.2, -0.15) is 0 Å². The van der Waals surface area contributed by atoms with Crippen molar-refractivity contribution in [3.8, 4) is 0 Å². The van der Waals surface area contributed by atoms with E-state index in [9.17, 15) is 24.3 Å². The summed E-state index contributed by atoms with van der Waals surface area (Å²) in [4.78, 5) is 142. The molecule has 0 aliphatic carbocycles. The molecule has 4 heterocycles. The summed E-state index contributed by atoms with van der Waals surface area (Å²) in [6.45, 7) is 6.67. The summed E-state index contributed by atoms with van der Waals surface area (Å²) in [6.07, 6.45) is 5.97. The molecule has 2 aromatic heterocycles. The topological polar surface area (TPSA) is 312 Å². The molecular weight excluding hydrogens is 1310 g/mol. The summed E-state index contributed by atoms with van der Waals surface area (Å²) in [7, 11) is 0. The molecule has 2 aliphatic rings. The quantitative estimate of drug-likeness (QED) is 0.0196. The number of aromatic amines is 1. The maximum absolute atomic E-state index is 15.3. The molecule has 0 radical (unpaired) electrons. The lowest BCUT2D eigenvalue weighted by atomic mass is 9.77. The molecule has 22 heteroatoms. The van der Waals surface area contributed by atoms with Crippen LogP contribution in [0.4, 0.5) is 0 Å². The minimum atomic E-state index is -1.54. The fourth-order valence-corrected chi connectivity index (χ4v) is 14.5. The molecule has 2 fully saturated rings. The van der Waals surface area contributed by atoms with Crippen LogP contribution in [0.3, 0.4) is 0 Å². The Morgan fingerprint density at radius 2 is 1.05 bits per heavy atom. The third kappa shape index (κ3) is 16.2. The van der Waals surface area contributed by atoms with Crippen LogP contribution in [0.15, 0.2) is 225 Å². The van der Waals surface area contributed by atoms with Gasteiger partial charge >= 0.3 is 5.97 Å². The molecule has 11 rings (SSSR count). The molecule has 22 nitrogen and oxygen atoms in total. The lowest BCUT2D eigenvalue weighted by Gasteiger charge is -2.37. The Morgan fingerprint density at radius 1 is 0.567 bits per heavy atom. The average Bonchev–Trinajstić information content (AvgIpc) is 1.13. The Kier molecular flexibility index (Phi) is 23.7. The maximum Gasteiger partial charge on any atom is 0.322 e. The third-order valence-corrected chi connectivity index (χ3v) is 20.2. The van der Waals surface area contributed by atoms with Crippen molar-refractivity contribution >= 4 is 64.1 Å². The first-order valence-corrected chi connectivity index (χ1v) is 35.6. The second-order valence-corrected chi connectivity index (χ2v) is 27.3. The standard InChI is InChI=1S/C82H90N12O10/c1-5-54(4)73(90-76(100)67(89-78(102)72(83)53(2)3)48-70(95)91-81(56-28-12-6-13-29-56,57-30-14-7-15-31-57)58-32-16-8-17-33-58)80(104)94-45-27-43-69(94)79(103)93-44-26-42-68(93)77(101)88-65(46-55-49-84-64-41-25-24-40-63(55)64)75(99)87-66(74(98)85-50-71(96)97)47-62-51-92(52-86-62)82(59-34-18-9-19-35-59,60-36-20-10-21-37-60)61-38-22-11-23-39-61/h6-25,28-41,49,51-54,65-69,72-73,84H,5,26-27,42-48,50,83H2,1-4H3,(H,85,98)(H,87,99)(H,88,101)(H,89,102)(H,90,100)(H,91,95)(H,96,97)/t54-,65-,66-,67-,68-,69-,72-,73-/m0/s1. The molecule has 8 amide bonds. The zero-order valence-electron chi connectivity index (χ0n) is 58.8. The van der Waals surface area contributed by atoms with Gasteiger partial charge in [0.15, 0.2) is 0 Å². The third-order valence-electron chi connectivity index (χ3n) is 20.2. The van der Waals surface area contributed by atoms with Crippen LogP contribution in [0, 0.1) is 11.8 Å². The molecule has 538 valence electrons. The molecule has 8 atom stereocenters. The second kappa shape index (κ2) is 33.5. The summed E-state index contributed by atoms with van der Waals surface area (Å²) >= 11 is 0. The normalized spacial score (nSPS) is 16.3. The van der Waals surface area contributed by atoms with Crippen LogP contribution in [0.25, 0.3) is 10.9 Å². The Hall–Kier alpha value is -11.5. The number of benzene rings is 7. The molecule has 104 heavy (non-hydrogen) atoms. The number of rotatable bonds is 30. The van der Waals surface area contributed by atoms with E-state index >= 15 is 24.0 Å². The number of aliphatic carboxylic acids is 1. The van der Waals surface area contributed by atoms with Gasteiger partial charge in [0.2, 0.25) is 47.3 Å². The predicted octanol–water partition coefficient (Wildman–Crippen LogP) is 7.64. The number of H-pyrrole nitrogens is 1. The van der Waals surface area contributed by atoms with Gasteiger partial charge in [-0.3, -0.25) is 43.2 Å². The minimum absolute atomic E-state index is 0.0860. The number of carboxylic acid groups (broad SMARTS) is 1. The van der Waals surface area contributed by atoms with Gasteiger partial charge in [0.05, 0.1) is 24.5 Å². The van der Waals surface area contributed by atoms with Gasteiger partial charge in [0.25, 0.3) is 0 Å². The fraction of sp³-hybridized carbons (Fsp3) is 0.317. The zero-order valence-corrected chi connectivity index (χ0v) is 58.8. The van der Waals surface area contributed by atoms with E-state index in [0.717, 1.165) is 44.3 Å². The molecule has 0 bridgehead atoms. The van der Waals surface area contributed by atoms with E-state index in [1.165, 1.54) is 9.80 Å². The van der Waals surface area contributed by atoms with Gasteiger partial charge in [0, 0.05) is 49.2 Å². The number of likely N-dealkylation sites (tertiary alicyclic amines) is 2. The lowest BCUT2D eigenvalue weighted by molar-refractivity contribution is -0.149. The average molecular weight is 1400 g/mol. The van der Waals surface area contributed by atoms with Gasteiger partial charge in [-0.05, 0) is 82.5 Å². The number of carboxylic acids is 1. The number of carbonyl (C=O) groups excluding carboxylic acids is 8. The van der Waals surface area contributed by atoms with Crippen LogP contribution >= 0.6 is 0 Å². The Bertz CT molecular complexity index is 4270. The summed E-state index contributed by atoms with van der Waals surface area (Å²) in [5.41, 5.74) is 10.8. The SMILES string of the molecule is CC[C@H](C)[C@H](NC(=O)[C@H](CC(=O)NC(c1ccccc1)(c1ccccc1)c1ccccc1)NC(=O)[C@@H](N)C(C)C)C(=O)N1CCC[C@H]1C(=O)N1CCC[C@H]1C(=O)N[C@@H](Cc1c[nH]c2ccccc12)C(=O)N[C@@H](Cc1cn(C(c2ccccc2)(c2ccccc2)c2ccccc2)cn1)C(=O)NCC(=O)O. The summed E-state index contributed by atoms with van der Waals surface area (Å²) in [5.74, 6) is -7.65. The number of hydrogen-bond acceptors (Lipinski definition) is 11. The van der Waals surface area contributed by atoms with Crippen LogP contribution in [0.5, 0.6) is 0 Å². The number of nitrogens with two attached hydrogens (primary N) is 1. The number of para-hydroxylation sites is 1. The molecule has 0 saturated carbocycles. The highest BCUT2D eigenvalue weighted by Crippen LogP contribution is 2.42. The van der Waals surface area contributed by atoms with E-state index in [2.05, 4.69) is 36.9 Å². The molecule has 0 unspecified atom stereocenters. The van der Waals surface area contributed by atoms with E-state index in [-0.39, 0.29) is 44.7 Å². The van der Waals surface area contributed by atoms with Gasteiger partial charge < -0.3 is 62.1 Å². The smallest absolute Gasteiger partial charge is 0.322 e. The first kappa shape index (κ1) is 73.7. The highest BCUT2D eigenvalue weighted by molar-refractivity contribution is 5.99. The van der Waals surface area contributed by atoms with Crippen molar-refractivity contribution in [2.45, 2.75) is 132 Å². The Morgan fingerprint density at radius 3 is 1.58 bits per heavy atom. The molecule has 9 aromatic rings. The fourth-order valence-electron chi connectivity index (χ4n) is 14.5. The van der Waals surface area contributed by atoms with E-state index in [0.29, 0.717) is 30.5 Å². The van der Waals surface area contributed by atoms with E-state index in [4.69, 9.17) is 10.7 Å². The Balaban J connectivity index is 0.839. The molecule has 2 saturated heterocycles. The van der Waals surface area contributed by atoms with Crippen molar-refractivity contribution in [2.75, 3.05) is 19.6 Å². The van der Waals surface area contributed by atoms with Crippen LogP contribution in [-0.2, 0) is 67.1 Å². The highest BCUT2D eigenvalue weighted by Gasteiger charge is 2.47. The van der Waals surface area contributed by atoms with Crippen LogP contribution < -0.4 is 37.6 Å². The number of imidazole rings is 1. The molecular formula is C82H90N12O10. The van der Waals surface area contributed by atoms with Crippen molar-refractivity contribution in [2.24, 2.45) is 17.6 Å². The van der Waals surface area contributed by atoms with Crippen molar-refractivity contribution in [3.05, 3.63) is 270 Å². The number of fused-ring (bicyclic) bond motifs is 1. The number of carbonyl (C=O) groups is 9. The number of nitrogens with zero attached hydrogens (tertiary/aromatic N) is 4. The number of aromatic nitrogens is 3. The summed E-state index contributed by atoms with van der Waals surface area (Å²) < 4.78 is 1.96. The van der Waals surface area contributed by atoms with Crippen molar-refractivity contribution in [1.29, 1.82) is 0 Å². The Labute approximate surface area is 605 Å². The van der Waals surface area contributed by atoms with Crippen LogP contribution in [0.1, 0.15) is 111 Å². The number of nitrogens with one attached hydrogen (secondary N) is 7. The molecule has 10 N–H and O–H groups in total. The molecule has 0 spiro atoms. The summed E-state index contributed by atoms with van der Waals surface area (Å²) in [6, 6.07) is 56.5. The highest BCUT2D eigenvalue weighted by atomic mass is 16.4. The van der Waals surface area contributed by atoms with Gasteiger partial charge in [0.1, 0.15) is 53.9 Å². The maximum atomic E-state index is 15.3. The van der Waals surface area contributed by atoms with Gasteiger partial charge in [-0.15, -0.1) is 0 Å². The second-order valence-electron chi connectivity index (χ2n) is 27.3. The number of hydrogen-bond donors (Lipinski definition) is 9. The lowest BCUT2D eigenvalue weighted by Crippen LogP contribution is -2.61. The number of amides is 8. The van der Waals surface area contributed by atoms with Crippen molar-refractivity contribution in [1.82, 2.24) is 56.2 Å². The predicted molar refractivity (Wildman–Crippen MR) is 395 cm³/mol. The van der Waals surface area contributed by atoms with Gasteiger partial charge in [-0.25, -0.2) is 4.98 Å². The summed E-state index contributed by atoms with van der Waals surface area (Å²) in [5, 5.41) is 27.7. The van der Waals surface area contributed by atoms with Gasteiger partial charge in [-0.1, -0.05) is 234 Å².